The van der Waals surface area contributed by atoms with Gasteiger partial charge in [0, 0.05) is 25.0 Å². The summed E-state index contributed by atoms with van der Waals surface area (Å²) in [4.78, 5) is 21.4. The molecule has 2 fully saturated rings. The van der Waals surface area contributed by atoms with E-state index in [0.717, 1.165) is 37.0 Å². The molecule has 0 bridgehead atoms. The summed E-state index contributed by atoms with van der Waals surface area (Å²) in [6.45, 7) is 3.93. The highest BCUT2D eigenvalue weighted by Crippen LogP contribution is 2.38. The van der Waals surface area contributed by atoms with Crippen molar-refractivity contribution in [1.82, 2.24) is 25.0 Å². The number of likely N-dealkylation sites (tertiary alicyclic amines) is 2. The SMILES string of the molecule is CN1CCC[C@@]2(CCCN(C(=O)c3ccc(CSc4ncn[nH]4)o3)C2)C1. The largest absolute Gasteiger partial charge is 0.455 e. The number of amides is 1. The highest BCUT2D eigenvalue weighted by molar-refractivity contribution is 7.98. The maximum Gasteiger partial charge on any atom is 0.289 e. The van der Waals surface area contributed by atoms with Gasteiger partial charge in [0.15, 0.2) is 10.9 Å². The van der Waals surface area contributed by atoms with Crippen molar-refractivity contribution < 1.29 is 9.21 Å². The van der Waals surface area contributed by atoms with Crippen molar-refractivity contribution in [3.05, 3.63) is 30.0 Å². The van der Waals surface area contributed by atoms with E-state index in [0.29, 0.717) is 11.5 Å². The number of rotatable bonds is 4. The van der Waals surface area contributed by atoms with Crippen LogP contribution < -0.4 is 0 Å². The predicted molar refractivity (Wildman–Crippen MR) is 99.0 cm³/mol. The normalized spacial score (nSPS) is 24.3. The molecule has 0 saturated carbocycles. The fourth-order valence-corrected chi connectivity index (χ4v) is 4.97. The Labute approximate surface area is 157 Å². The van der Waals surface area contributed by atoms with Crippen molar-refractivity contribution in [3.63, 3.8) is 0 Å². The smallest absolute Gasteiger partial charge is 0.289 e. The van der Waals surface area contributed by atoms with Gasteiger partial charge in [-0.1, -0.05) is 11.8 Å². The van der Waals surface area contributed by atoms with Crippen molar-refractivity contribution in [2.24, 2.45) is 5.41 Å². The van der Waals surface area contributed by atoms with Crippen molar-refractivity contribution in [2.45, 2.75) is 36.6 Å². The van der Waals surface area contributed by atoms with Crippen LogP contribution in [0, 0.1) is 5.41 Å². The van der Waals surface area contributed by atoms with Crippen LogP contribution in [-0.4, -0.2) is 64.1 Å². The Morgan fingerprint density at radius 1 is 1.31 bits per heavy atom. The van der Waals surface area contributed by atoms with E-state index in [1.54, 1.807) is 6.07 Å². The minimum absolute atomic E-state index is 0.0215. The zero-order valence-corrected chi connectivity index (χ0v) is 15.9. The molecule has 2 aliphatic heterocycles. The lowest BCUT2D eigenvalue weighted by atomic mass is 9.74. The van der Waals surface area contributed by atoms with E-state index in [-0.39, 0.29) is 11.3 Å². The quantitative estimate of drug-likeness (QED) is 0.828. The molecule has 2 aliphatic rings. The van der Waals surface area contributed by atoms with Crippen LogP contribution in [0.2, 0.25) is 0 Å². The number of furan rings is 1. The molecule has 4 rings (SSSR count). The number of carbonyl (C=O) groups excluding carboxylic acids is 1. The van der Waals surface area contributed by atoms with Crippen LogP contribution >= 0.6 is 11.8 Å². The zero-order chi connectivity index (χ0) is 18.0. The summed E-state index contributed by atoms with van der Waals surface area (Å²) in [5, 5.41) is 7.37. The van der Waals surface area contributed by atoms with Crippen LogP contribution in [-0.2, 0) is 5.75 Å². The molecule has 0 aromatic carbocycles. The molecule has 7 nitrogen and oxygen atoms in total. The van der Waals surface area contributed by atoms with Crippen LogP contribution in [0.4, 0.5) is 0 Å². The molecular weight excluding hydrogens is 350 g/mol. The van der Waals surface area contributed by atoms with Gasteiger partial charge < -0.3 is 14.2 Å². The molecule has 0 radical (unpaired) electrons. The third-order valence-electron chi connectivity index (χ3n) is 5.42. The van der Waals surface area contributed by atoms with Gasteiger partial charge in [0.05, 0.1) is 5.75 Å². The van der Waals surface area contributed by atoms with E-state index >= 15 is 0 Å². The van der Waals surface area contributed by atoms with E-state index in [1.165, 1.54) is 43.9 Å². The number of thioether (sulfide) groups is 1. The number of nitrogens with zero attached hydrogens (tertiary/aromatic N) is 4. The lowest BCUT2D eigenvalue weighted by Crippen LogP contribution is -2.52. The van der Waals surface area contributed by atoms with Crippen molar-refractivity contribution >= 4 is 17.7 Å². The summed E-state index contributed by atoms with van der Waals surface area (Å²) in [6, 6.07) is 3.68. The van der Waals surface area contributed by atoms with Gasteiger partial charge in [-0.25, -0.2) is 4.98 Å². The second-order valence-electron chi connectivity index (χ2n) is 7.52. The number of aromatic amines is 1. The molecule has 4 heterocycles. The summed E-state index contributed by atoms with van der Waals surface area (Å²) >= 11 is 1.51. The van der Waals surface area contributed by atoms with Crippen LogP contribution in [0.5, 0.6) is 0 Å². The van der Waals surface area contributed by atoms with Crippen molar-refractivity contribution in [1.29, 1.82) is 0 Å². The summed E-state index contributed by atoms with van der Waals surface area (Å²) in [7, 11) is 2.19. The third-order valence-corrected chi connectivity index (χ3v) is 6.32. The van der Waals surface area contributed by atoms with Gasteiger partial charge in [-0.2, -0.15) is 5.10 Å². The Balaban J connectivity index is 1.39. The lowest BCUT2D eigenvalue weighted by molar-refractivity contribution is 0.0189. The molecule has 140 valence electrons. The molecule has 2 aromatic rings. The van der Waals surface area contributed by atoms with Crippen LogP contribution in [0.1, 0.15) is 42.0 Å². The van der Waals surface area contributed by atoms with Gasteiger partial charge in [0.2, 0.25) is 0 Å². The topological polar surface area (TPSA) is 78.3 Å². The van der Waals surface area contributed by atoms with E-state index in [2.05, 4.69) is 27.1 Å². The predicted octanol–water partition coefficient (Wildman–Crippen LogP) is 2.64. The van der Waals surface area contributed by atoms with Crippen molar-refractivity contribution in [2.75, 3.05) is 33.2 Å². The second kappa shape index (κ2) is 7.44. The Kier molecular flexibility index (Phi) is 5.04. The Hall–Kier alpha value is -1.80. The van der Waals surface area contributed by atoms with Crippen LogP contribution in [0.15, 0.2) is 28.0 Å². The average molecular weight is 375 g/mol. The highest BCUT2D eigenvalue weighted by Gasteiger charge is 2.40. The molecule has 1 N–H and O–H groups in total. The number of aromatic nitrogens is 3. The van der Waals surface area contributed by atoms with Crippen LogP contribution in [0.3, 0.4) is 0 Å². The molecular formula is C18H25N5O2S. The number of hydrogen-bond acceptors (Lipinski definition) is 6. The summed E-state index contributed by atoms with van der Waals surface area (Å²) in [5.41, 5.74) is 0.262. The molecule has 1 atom stereocenters. The first-order valence-corrected chi connectivity index (χ1v) is 10.2. The second-order valence-corrected chi connectivity index (χ2v) is 8.48. The molecule has 2 aromatic heterocycles. The van der Waals surface area contributed by atoms with Crippen LogP contribution in [0.25, 0.3) is 0 Å². The maximum absolute atomic E-state index is 12.9. The standard InChI is InChI=1S/C18H25N5O2S/c1-22-8-2-6-18(11-22)7-3-9-23(12-18)16(24)15-5-4-14(25-15)10-26-17-19-13-20-21-17/h4-5,13H,2-3,6-12H2,1H3,(H,19,20,21)/t18-/m1/s1. The molecule has 0 unspecified atom stereocenters. The first-order valence-electron chi connectivity index (χ1n) is 9.18. The fraction of sp³-hybridized carbons (Fsp3) is 0.611. The van der Waals surface area contributed by atoms with Crippen molar-refractivity contribution in [3.8, 4) is 0 Å². The maximum atomic E-state index is 12.9. The molecule has 8 heteroatoms. The number of nitrogens with one attached hydrogen (secondary N) is 1. The Morgan fingerprint density at radius 3 is 2.92 bits per heavy atom. The summed E-state index contributed by atoms with van der Waals surface area (Å²) < 4.78 is 5.81. The van der Waals surface area contributed by atoms with E-state index in [4.69, 9.17) is 4.42 Å². The lowest BCUT2D eigenvalue weighted by Gasteiger charge is -2.47. The summed E-state index contributed by atoms with van der Waals surface area (Å²) in [6.07, 6.45) is 6.22. The molecule has 1 amide bonds. The minimum Gasteiger partial charge on any atom is -0.455 e. The first kappa shape index (κ1) is 17.6. The summed E-state index contributed by atoms with van der Waals surface area (Å²) in [5.74, 6) is 1.86. The number of carbonyl (C=O) groups is 1. The van der Waals surface area contributed by atoms with E-state index < -0.39 is 0 Å². The first-order chi connectivity index (χ1) is 12.6. The van der Waals surface area contributed by atoms with Gasteiger partial charge in [-0.15, -0.1) is 0 Å². The van der Waals surface area contributed by atoms with Gasteiger partial charge in [-0.3, -0.25) is 9.89 Å². The average Bonchev–Trinajstić information content (AvgIpc) is 3.31. The molecule has 1 spiro atoms. The minimum atomic E-state index is 0.0215. The Bertz CT molecular complexity index is 743. The molecule has 2 saturated heterocycles. The van der Waals surface area contributed by atoms with Gasteiger partial charge in [0.25, 0.3) is 5.91 Å². The third kappa shape index (κ3) is 3.81. The fourth-order valence-electron chi connectivity index (χ4n) is 4.30. The number of piperidine rings is 2. The van der Waals surface area contributed by atoms with Gasteiger partial charge >= 0.3 is 0 Å². The molecule has 0 aliphatic carbocycles. The monoisotopic (exact) mass is 375 g/mol. The Morgan fingerprint density at radius 2 is 2.15 bits per heavy atom. The van der Waals surface area contributed by atoms with Gasteiger partial charge in [0.1, 0.15) is 12.1 Å². The number of H-pyrrole nitrogens is 1. The van der Waals surface area contributed by atoms with E-state index in [9.17, 15) is 4.79 Å². The highest BCUT2D eigenvalue weighted by atomic mass is 32.2. The zero-order valence-electron chi connectivity index (χ0n) is 15.1. The number of hydrogen-bond donors (Lipinski definition) is 1. The van der Waals surface area contributed by atoms with Gasteiger partial charge in [-0.05, 0) is 51.4 Å². The van der Waals surface area contributed by atoms with E-state index in [1.807, 2.05) is 11.0 Å². The molecule has 26 heavy (non-hydrogen) atoms.